The molecule has 0 aliphatic heterocycles. The van der Waals surface area contributed by atoms with Crippen LogP contribution in [0.25, 0.3) is 0 Å². The van der Waals surface area contributed by atoms with Crippen LogP contribution in [-0.4, -0.2) is 18.7 Å². The summed E-state index contributed by atoms with van der Waals surface area (Å²) in [5, 5.41) is 0. The molecule has 0 fully saturated rings. The molecule has 0 amide bonds. The van der Waals surface area contributed by atoms with Crippen LogP contribution >= 0.6 is 0 Å². The molecule has 6 heteroatoms. The van der Waals surface area contributed by atoms with E-state index in [2.05, 4.69) is 0 Å². The zero-order chi connectivity index (χ0) is 12.6. The third kappa shape index (κ3) is 3.01. The Morgan fingerprint density at radius 1 is 1.35 bits per heavy atom. The minimum atomic E-state index is -4.03. The number of fused-ring (bicyclic) bond motifs is 1. The molecule has 0 radical (unpaired) electrons. The van der Waals surface area contributed by atoms with Crippen molar-refractivity contribution >= 4 is 10.1 Å². The zero-order valence-corrected chi connectivity index (χ0v) is 9.80. The van der Waals surface area contributed by atoms with Gasteiger partial charge >= 0.3 is 0 Å². The summed E-state index contributed by atoms with van der Waals surface area (Å²) in [6.07, 6.45) is 1.14. The van der Waals surface area contributed by atoms with Crippen LogP contribution in [0, 0.1) is 17.6 Å². The molecule has 1 unspecified atom stereocenters. The molecule has 0 aromatic heterocycles. The minimum Gasteiger partial charge on any atom is -0.286 e. The van der Waals surface area contributed by atoms with Crippen molar-refractivity contribution in [3.05, 3.63) is 34.9 Å². The van der Waals surface area contributed by atoms with E-state index in [0.717, 1.165) is 6.07 Å². The van der Waals surface area contributed by atoms with Gasteiger partial charge in [0.1, 0.15) is 11.6 Å². The fourth-order valence-electron chi connectivity index (χ4n) is 2.32. The third-order valence-electron chi connectivity index (χ3n) is 3.01. The average Bonchev–Trinajstić information content (AvgIpc) is 2.13. The van der Waals surface area contributed by atoms with Crippen molar-refractivity contribution in [1.29, 1.82) is 0 Å². The largest absolute Gasteiger partial charge is 0.286 e. The summed E-state index contributed by atoms with van der Waals surface area (Å²) in [4.78, 5) is 0. The maximum atomic E-state index is 13.4. The van der Waals surface area contributed by atoms with Gasteiger partial charge in [-0.25, -0.2) is 8.78 Å². The van der Waals surface area contributed by atoms with Crippen LogP contribution in [-0.2, 0) is 23.0 Å². The van der Waals surface area contributed by atoms with Crippen molar-refractivity contribution in [2.45, 2.75) is 19.3 Å². The third-order valence-corrected chi connectivity index (χ3v) is 3.90. The van der Waals surface area contributed by atoms with Gasteiger partial charge in [0.15, 0.2) is 0 Å². The molecule has 1 atom stereocenters. The van der Waals surface area contributed by atoms with Gasteiger partial charge < -0.3 is 0 Å². The van der Waals surface area contributed by atoms with E-state index in [1.165, 1.54) is 6.07 Å². The summed E-state index contributed by atoms with van der Waals surface area (Å²) in [6, 6.07) is 2.07. The molecule has 0 saturated carbocycles. The van der Waals surface area contributed by atoms with Crippen molar-refractivity contribution in [3.8, 4) is 0 Å². The van der Waals surface area contributed by atoms with Gasteiger partial charge in [0.05, 0.1) is 5.75 Å². The highest BCUT2D eigenvalue weighted by Gasteiger charge is 2.25. The molecule has 1 aromatic carbocycles. The second-order valence-corrected chi connectivity index (χ2v) is 5.88. The van der Waals surface area contributed by atoms with Crippen LogP contribution < -0.4 is 0 Å². The van der Waals surface area contributed by atoms with Gasteiger partial charge in [0, 0.05) is 6.07 Å². The molecule has 0 bridgehead atoms. The second-order valence-electron chi connectivity index (χ2n) is 4.38. The van der Waals surface area contributed by atoms with Crippen LogP contribution in [0.3, 0.4) is 0 Å². The monoisotopic (exact) mass is 262 g/mol. The molecular weight excluding hydrogens is 250 g/mol. The fourth-order valence-corrected chi connectivity index (χ4v) is 3.20. The molecule has 0 heterocycles. The van der Waals surface area contributed by atoms with E-state index in [1.807, 2.05) is 0 Å². The Hall–Kier alpha value is -1.01. The molecule has 17 heavy (non-hydrogen) atoms. The van der Waals surface area contributed by atoms with Gasteiger partial charge in [-0.05, 0) is 42.4 Å². The SMILES string of the molecule is O=S(=O)(O)CC1CCc2c(F)cc(F)cc2C1. The highest BCUT2D eigenvalue weighted by molar-refractivity contribution is 7.85. The van der Waals surface area contributed by atoms with E-state index in [9.17, 15) is 17.2 Å². The summed E-state index contributed by atoms with van der Waals surface area (Å²) in [5.74, 6) is -1.87. The van der Waals surface area contributed by atoms with Crippen molar-refractivity contribution in [1.82, 2.24) is 0 Å². The molecule has 1 N–H and O–H groups in total. The number of hydrogen-bond acceptors (Lipinski definition) is 2. The Labute approximate surface area is 98.2 Å². The smallest absolute Gasteiger partial charge is 0.265 e. The van der Waals surface area contributed by atoms with Crippen LogP contribution in [0.4, 0.5) is 8.78 Å². The first-order valence-electron chi connectivity index (χ1n) is 5.27. The average molecular weight is 262 g/mol. The van der Waals surface area contributed by atoms with Crippen LogP contribution in [0.1, 0.15) is 17.5 Å². The maximum absolute atomic E-state index is 13.4. The summed E-state index contributed by atoms with van der Waals surface area (Å²) < 4.78 is 56.7. The lowest BCUT2D eigenvalue weighted by molar-refractivity contribution is 0.437. The first-order chi connectivity index (χ1) is 7.85. The maximum Gasteiger partial charge on any atom is 0.265 e. The highest BCUT2D eigenvalue weighted by Crippen LogP contribution is 2.29. The van der Waals surface area contributed by atoms with Gasteiger partial charge in [-0.2, -0.15) is 8.42 Å². The predicted octanol–water partition coefficient (Wildman–Crippen LogP) is 1.96. The molecule has 1 aromatic rings. The Bertz CT molecular complexity index is 540. The molecule has 3 nitrogen and oxygen atoms in total. The molecule has 94 valence electrons. The van der Waals surface area contributed by atoms with Crippen LogP contribution in [0.15, 0.2) is 12.1 Å². The summed E-state index contributed by atoms with van der Waals surface area (Å²) in [6.45, 7) is 0. The van der Waals surface area contributed by atoms with Gasteiger partial charge in [0.2, 0.25) is 0 Å². The fraction of sp³-hybridized carbons (Fsp3) is 0.455. The lowest BCUT2D eigenvalue weighted by Gasteiger charge is -2.23. The minimum absolute atomic E-state index is 0.279. The van der Waals surface area contributed by atoms with Crippen LogP contribution in [0.5, 0.6) is 0 Å². The van der Waals surface area contributed by atoms with Crippen molar-refractivity contribution in [3.63, 3.8) is 0 Å². The van der Waals surface area contributed by atoms with E-state index in [4.69, 9.17) is 4.55 Å². The second kappa shape index (κ2) is 4.34. The highest BCUT2D eigenvalue weighted by atomic mass is 32.2. The van der Waals surface area contributed by atoms with E-state index < -0.39 is 21.8 Å². The number of benzene rings is 1. The molecular formula is C11H12F2O3S. The lowest BCUT2D eigenvalue weighted by Crippen LogP contribution is -2.23. The Kier molecular flexibility index (Phi) is 3.18. The topological polar surface area (TPSA) is 54.4 Å². The van der Waals surface area contributed by atoms with E-state index in [1.54, 1.807) is 0 Å². The predicted molar refractivity (Wildman–Crippen MR) is 58.3 cm³/mol. The van der Waals surface area contributed by atoms with E-state index in [-0.39, 0.29) is 18.1 Å². The number of halogens is 2. The van der Waals surface area contributed by atoms with Gasteiger partial charge in [0.25, 0.3) is 10.1 Å². The van der Waals surface area contributed by atoms with Crippen molar-refractivity contribution in [2.24, 2.45) is 5.92 Å². The first kappa shape index (κ1) is 12.4. The Morgan fingerprint density at radius 3 is 2.71 bits per heavy atom. The van der Waals surface area contributed by atoms with Crippen LogP contribution in [0.2, 0.25) is 0 Å². The molecule has 1 aliphatic rings. The van der Waals surface area contributed by atoms with Gasteiger partial charge in [-0.3, -0.25) is 4.55 Å². The molecule has 0 spiro atoms. The van der Waals surface area contributed by atoms with Gasteiger partial charge in [-0.1, -0.05) is 0 Å². The normalized spacial score (nSPS) is 20.1. The lowest BCUT2D eigenvalue weighted by atomic mass is 9.84. The number of rotatable bonds is 2. The Balaban J connectivity index is 2.24. The van der Waals surface area contributed by atoms with Crippen molar-refractivity contribution < 1.29 is 21.8 Å². The quantitative estimate of drug-likeness (QED) is 0.829. The summed E-state index contributed by atoms with van der Waals surface area (Å²) in [7, 11) is -4.03. The number of hydrogen-bond donors (Lipinski definition) is 1. The molecule has 2 rings (SSSR count). The van der Waals surface area contributed by atoms with E-state index >= 15 is 0 Å². The van der Waals surface area contributed by atoms with E-state index in [0.29, 0.717) is 24.0 Å². The first-order valence-corrected chi connectivity index (χ1v) is 6.88. The summed E-state index contributed by atoms with van der Waals surface area (Å²) >= 11 is 0. The Morgan fingerprint density at radius 2 is 2.06 bits per heavy atom. The standard InChI is InChI=1S/C11H12F2O3S/c12-9-4-8-3-7(6-17(14,15)16)1-2-10(8)11(13)5-9/h4-5,7H,1-3,6H2,(H,14,15,16). The summed E-state index contributed by atoms with van der Waals surface area (Å²) in [5.41, 5.74) is 0.959. The zero-order valence-electron chi connectivity index (χ0n) is 8.99. The van der Waals surface area contributed by atoms with Crippen molar-refractivity contribution in [2.75, 3.05) is 5.75 Å². The molecule has 0 saturated heterocycles. The van der Waals surface area contributed by atoms with Gasteiger partial charge in [-0.15, -0.1) is 0 Å². The molecule has 1 aliphatic carbocycles.